The monoisotopic (exact) mass is 435 g/mol. The predicted molar refractivity (Wildman–Crippen MR) is 120 cm³/mol. The van der Waals surface area contributed by atoms with Crippen LogP contribution in [-0.2, 0) is 11.3 Å². The van der Waals surface area contributed by atoms with E-state index in [2.05, 4.69) is 30.8 Å². The number of benzene rings is 1. The minimum Gasteiger partial charge on any atom is -0.365 e. The molecule has 2 aromatic heterocycles. The number of amides is 2. The van der Waals surface area contributed by atoms with Crippen molar-refractivity contribution in [3.05, 3.63) is 47.4 Å². The molecule has 0 radical (unpaired) electrons. The molecule has 0 unspecified atom stereocenters. The van der Waals surface area contributed by atoms with Gasteiger partial charge in [-0.25, -0.2) is 4.68 Å². The maximum Gasteiger partial charge on any atom is 0.273 e. The van der Waals surface area contributed by atoms with E-state index in [0.717, 1.165) is 35.6 Å². The molecule has 1 aliphatic carbocycles. The zero-order chi connectivity index (χ0) is 24.9. The number of nitrogens with one attached hydrogen (secondary N) is 3. The summed E-state index contributed by atoms with van der Waals surface area (Å²) in [5, 5.41) is 20.3. The van der Waals surface area contributed by atoms with Crippen LogP contribution < -0.4 is 20.9 Å². The highest BCUT2D eigenvalue weighted by molar-refractivity contribution is 6.00. The van der Waals surface area contributed by atoms with Gasteiger partial charge in [-0.3, -0.25) is 9.59 Å². The largest absolute Gasteiger partial charge is 0.365 e. The van der Waals surface area contributed by atoms with Gasteiger partial charge in [0.15, 0.2) is 11.5 Å². The van der Waals surface area contributed by atoms with E-state index in [1.165, 1.54) is 6.07 Å². The van der Waals surface area contributed by atoms with E-state index in [-0.39, 0.29) is 29.0 Å². The highest BCUT2D eigenvalue weighted by Crippen LogP contribution is 2.39. The fraction of sp³-hybridized carbons (Fsp3) is 0.318. The number of carbonyl (C=O) groups is 2. The first-order chi connectivity index (χ1) is 16.6. The summed E-state index contributed by atoms with van der Waals surface area (Å²) in [6, 6.07) is 9.14. The standard InChI is InChI=1S/C22H24N8O2/c1-12-9-14-11-29(3)20-15(5-4-6-17(20)30(14)28-12)24-16-10-18(25-21(31)13-7-8-13)26-27-19(16)22(32)23-2/h4-6,9-10,13H,7-8,11H2,1-3H3,(H,23,32)(H2,24,25,26,31)/i2D3. The summed E-state index contributed by atoms with van der Waals surface area (Å²) in [5.74, 6) is -0.960. The highest BCUT2D eigenvalue weighted by atomic mass is 16.2. The van der Waals surface area contributed by atoms with Crippen molar-refractivity contribution >= 4 is 34.7 Å². The smallest absolute Gasteiger partial charge is 0.273 e. The molecule has 1 saturated carbocycles. The van der Waals surface area contributed by atoms with Crippen LogP contribution in [0, 0.1) is 12.8 Å². The lowest BCUT2D eigenvalue weighted by Crippen LogP contribution is -2.27. The Hall–Kier alpha value is -3.95. The fourth-order valence-corrected chi connectivity index (χ4v) is 3.89. The van der Waals surface area contributed by atoms with E-state index in [0.29, 0.717) is 12.2 Å². The van der Waals surface area contributed by atoms with Gasteiger partial charge in [0.2, 0.25) is 5.91 Å². The summed E-state index contributed by atoms with van der Waals surface area (Å²) in [5.41, 5.74) is 4.28. The minimum absolute atomic E-state index is 0.0479. The first kappa shape index (κ1) is 16.7. The number of aromatic nitrogens is 4. The number of hydrogen-bond acceptors (Lipinski definition) is 7. The van der Waals surface area contributed by atoms with Crippen LogP contribution in [0.1, 0.15) is 38.8 Å². The van der Waals surface area contributed by atoms with Crippen LogP contribution in [0.4, 0.5) is 22.9 Å². The van der Waals surface area contributed by atoms with E-state index in [1.54, 1.807) is 0 Å². The Balaban J connectivity index is 1.54. The molecule has 1 aliphatic heterocycles. The van der Waals surface area contributed by atoms with E-state index < -0.39 is 12.9 Å². The van der Waals surface area contributed by atoms with Crippen molar-refractivity contribution in [1.29, 1.82) is 0 Å². The summed E-state index contributed by atoms with van der Waals surface area (Å²) < 4.78 is 24.0. The molecule has 0 atom stereocenters. The Bertz CT molecular complexity index is 1330. The summed E-state index contributed by atoms with van der Waals surface area (Å²) in [6.45, 7) is -0.144. The van der Waals surface area contributed by atoms with E-state index in [1.807, 2.05) is 48.2 Å². The van der Waals surface area contributed by atoms with Gasteiger partial charge in [-0.1, -0.05) is 6.07 Å². The second-order valence-electron chi connectivity index (χ2n) is 8.05. The molecule has 3 N–H and O–H groups in total. The zero-order valence-corrected chi connectivity index (χ0v) is 17.6. The van der Waals surface area contributed by atoms with Crippen molar-refractivity contribution in [2.24, 2.45) is 5.92 Å². The lowest BCUT2D eigenvalue weighted by Gasteiger charge is -2.30. The average Bonchev–Trinajstić information content (AvgIpc) is 3.55. The van der Waals surface area contributed by atoms with Crippen molar-refractivity contribution in [2.45, 2.75) is 26.3 Å². The quantitative estimate of drug-likeness (QED) is 0.563. The maximum atomic E-state index is 12.7. The number of nitrogens with zero attached hydrogens (tertiary/aromatic N) is 5. The van der Waals surface area contributed by atoms with Gasteiger partial charge in [0.25, 0.3) is 5.91 Å². The molecular weight excluding hydrogens is 408 g/mol. The molecule has 32 heavy (non-hydrogen) atoms. The molecule has 3 heterocycles. The molecule has 164 valence electrons. The number of rotatable bonds is 5. The van der Waals surface area contributed by atoms with Crippen molar-refractivity contribution in [1.82, 2.24) is 25.3 Å². The third-order valence-electron chi connectivity index (χ3n) is 5.52. The van der Waals surface area contributed by atoms with Crippen molar-refractivity contribution < 1.29 is 13.7 Å². The van der Waals surface area contributed by atoms with Gasteiger partial charge < -0.3 is 20.9 Å². The van der Waals surface area contributed by atoms with Gasteiger partial charge >= 0.3 is 0 Å². The normalized spacial score (nSPS) is 16.2. The molecular formula is C22H24N8O2. The van der Waals surface area contributed by atoms with E-state index in [4.69, 9.17) is 4.11 Å². The Morgan fingerprint density at radius 2 is 2.03 bits per heavy atom. The third kappa shape index (κ3) is 3.53. The number of para-hydroxylation sites is 1. The van der Waals surface area contributed by atoms with Crippen molar-refractivity contribution in [2.75, 3.05) is 29.6 Å². The molecule has 5 rings (SSSR count). The number of hydrogen-bond donors (Lipinski definition) is 3. The second-order valence-corrected chi connectivity index (χ2v) is 8.05. The summed E-state index contributed by atoms with van der Waals surface area (Å²) >= 11 is 0. The topological polar surface area (TPSA) is 117 Å². The van der Waals surface area contributed by atoms with Crippen LogP contribution in [0.3, 0.4) is 0 Å². The van der Waals surface area contributed by atoms with Crippen LogP contribution >= 0.6 is 0 Å². The molecule has 3 aromatic rings. The van der Waals surface area contributed by atoms with Crippen molar-refractivity contribution in [3.8, 4) is 5.69 Å². The lowest BCUT2D eigenvalue weighted by molar-refractivity contribution is -0.117. The number of fused-ring (bicyclic) bond motifs is 3. The molecule has 1 fully saturated rings. The van der Waals surface area contributed by atoms with Crippen LogP contribution in [-0.4, -0.2) is 45.8 Å². The molecule has 0 bridgehead atoms. The zero-order valence-electron chi connectivity index (χ0n) is 20.6. The SMILES string of the molecule is [2H]C([2H])([2H])NC(=O)c1nnc(NC(=O)C2CC2)cc1Nc1cccc2c1N(C)Cc1cc(C)nn1-2. The van der Waals surface area contributed by atoms with Gasteiger partial charge in [0, 0.05) is 30.1 Å². The highest BCUT2D eigenvalue weighted by Gasteiger charge is 2.30. The number of carbonyl (C=O) groups excluding carboxylic acids is 2. The molecule has 2 aliphatic rings. The van der Waals surface area contributed by atoms with E-state index in [9.17, 15) is 9.59 Å². The second kappa shape index (κ2) is 7.63. The lowest BCUT2D eigenvalue weighted by atomic mass is 10.1. The molecule has 1 aromatic carbocycles. The molecule has 0 spiro atoms. The molecule has 10 nitrogen and oxygen atoms in total. The predicted octanol–water partition coefficient (Wildman–Crippen LogP) is 2.37. The number of aryl methyl sites for hydroxylation is 1. The van der Waals surface area contributed by atoms with Crippen LogP contribution in [0.15, 0.2) is 30.3 Å². The average molecular weight is 436 g/mol. The summed E-state index contributed by atoms with van der Waals surface area (Å²) in [6.07, 6.45) is 1.64. The molecule has 0 saturated heterocycles. The first-order valence-electron chi connectivity index (χ1n) is 11.8. The number of anilines is 4. The van der Waals surface area contributed by atoms with Gasteiger partial charge in [-0.05, 0) is 38.0 Å². The summed E-state index contributed by atoms with van der Waals surface area (Å²) in [7, 11) is 1.95. The van der Waals surface area contributed by atoms with Crippen molar-refractivity contribution in [3.63, 3.8) is 0 Å². The van der Waals surface area contributed by atoms with Gasteiger partial charge in [0.1, 0.15) is 0 Å². The third-order valence-corrected chi connectivity index (χ3v) is 5.52. The first-order valence-corrected chi connectivity index (χ1v) is 10.3. The van der Waals surface area contributed by atoms with Crippen LogP contribution in [0.5, 0.6) is 0 Å². The van der Waals surface area contributed by atoms with Gasteiger partial charge in [-0.15, -0.1) is 10.2 Å². The van der Waals surface area contributed by atoms with Crippen LogP contribution in [0.25, 0.3) is 5.69 Å². The van der Waals surface area contributed by atoms with Crippen LogP contribution in [0.2, 0.25) is 0 Å². The molecule has 10 heteroatoms. The fourth-order valence-electron chi connectivity index (χ4n) is 3.89. The Labute approximate surface area is 189 Å². The minimum atomic E-state index is -2.70. The summed E-state index contributed by atoms with van der Waals surface area (Å²) in [4.78, 5) is 27.0. The molecule has 2 amide bonds. The van der Waals surface area contributed by atoms with E-state index >= 15 is 0 Å². The van der Waals surface area contributed by atoms with Gasteiger partial charge in [0.05, 0.1) is 40.7 Å². The maximum absolute atomic E-state index is 12.7. The Morgan fingerprint density at radius 3 is 2.81 bits per heavy atom. The Kier molecular flexibility index (Phi) is 3.98. The van der Waals surface area contributed by atoms with Gasteiger partial charge in [-0.2, -0.15) is 5.10 Å². The Morgan fingerprint density at radius 1 is 1.19 bits per heavy atom.